The van der Waals surface area contributed by atoms with Crippen LogP contribution in [-0.4, -0.2) is 30.3 Å². The molecule has 2 N–H and O–H groups in total. The molecule has 4 nitrogen and oxygen atoms in total. The first-order valence-electron chi connectivity index (χ1n) is 6.27. The molecule has 20 heavy (non-hydrogen) atoms. The number of aliphatic carboxylic acids is 1. The number of nitrogens with zero attached hydrogens (tertiary/aromatic N) is 1. The van der Waals surface area contributed by atoms with Gasteiger partial charge in [-0.05, 0) is 28.8 Å². The van der Waals surface area contributed by atoms with E-state index in [1.807, 2.05) is 55.4 Å². The van der Waals surface area contributed by atoms with Crippen LogP contribution in [0.2, 0.25) is 0 Å². The third kappa shape index (κ3) is 2.97. The lowest BCUT2D eigenvalue weighted by atomic mass is 10.0. The molecular weight excluding hydrogens is 254 g/mol. The van der Waals surface area contributed by atoms with Crippen molar-refractivity contribution >= 4 is 11.7 Å². The molecule has 0 aromatic heterocycles. The molecule has 0 bridgehead atoms. The lowest BCUT2D eigenvalue weighted by molar-refractivity contribution is -0.146. The SMILES string of the molecule is CN(C)c1ccc(-c2ccc(C(O)C(=O)O)cc2)cc1. The second-order valence-corrected chi connectivity index (χ2v) is 4.80. The van der Waals surface area contributed by atoms with E-state index in [1.165, 1.54) is 0 Å². The van der Waals surface area contributed by atoms with Crippen molar-refractivity contribution in [2.24, 2.45) is 0 Å². The molecule has 0 aliphatic carbocycles. The van der Waals surface area contributed by atoms with Gasteiger partial charge in [0.1, 0.15) is 0 Å². The summed E-state index contributed by atoms with van der Waals surface area (Å²) in [4.78, 5) is 12.7. The smallest absolute Gasteiger partial charge is 0.337 e. The summed E-state index contributed by atoms with van der Waals surface area (Å²) >= 11 is 0. The standard InChI is InChI=1S/C16H17NO3/c1-17(2)14-9-7-12(8-10-14)11-3-5-13(6-4-11)15(18)16(19)20/h3-10,15,18H,1-2H3,(H,19,20). The molecule has 0 saturated heterocycles. The van der Waals surface area contributed by atoms with Crippen molar-refractivity contribution in [1.82, 2.24) is 0 Å². The number of aliphatic hydroxyl groups is 1. The van der Waals surface area contributed by atoms with Crippen LogP contribution in [0.5, 0.6) is 0 Å². The first kappa shape index (κ1) is 14.1. The van der Waals surface area contributed by atoms with Crippen LogP contribution in [0.4, 0.5) is 5.69 Å². The predicted octanol–water partition coefficient (Wildman–Crippen LogP) is 2.54. The van der Waals surface area contributed by atoms with E-state index in [9.17, 15) is 9.90 Å². The fourth-order valence-electron chi connectivity index (χ4n) is 1.95. The molecule has 0 aliphatic rings. The topological polar surface area (TPSA) is 60.8 Å². The lowest BCUT2D eigenvalue weighted by Crippen LogP contribution is -2.10. The molecule has 1 atom stereocenters. The zero-order valence-electron chi connectivity index (χ0n) is 11.4. The molecule has 2 rings (SSSR count). The van der Waals surface area contributed by atoms with Crippen LogP contribution in [0.25, 0.3) is 11.1 Å². The number of carboxylic acid groups (broad SMARTS) is 1. The maximum atomic E-state index is 10.7. The number of hydrogen-bond acceptors (Lipinski definition) is 3. The highest BCUT2D eigenvalue weighted by Gasteiger charge is 2.15. The number of aliphatic hydroxyl groups excluding tert-OH is 1. The van der Waals surface area contributed by atoms with E-state index in [4.69, 9.17) is 5.11 Å². The van der Waals surface area contributed by atoms with Crippen molar-refractivity contribution in [3.63, 3.8) is 0 Å². The van der Waals surface area contributed by atoms with E-state index in [1.54, 1.807) is 12.1 Å². The van der Waals surface area contributed by atoms with Gasteiger partial charge < -0.3 is 15.1 Å². The summed E-state index contributed by atoms with van der Waals surface area (Å²) in [5, 5.41) is 18.2. The molecule has 1 unspecified atom stereocenters. The van der Waals surface area contributed by atoms with Crippen LogP contribution in [0.3, 0.4) is 0 Å². The lowest BCUT2D eigenvalue weighted by Gasteiger charge is -2.13. The van der Waals surface area contributed by atoms with Crippen molar-refractivity contribution in [2.45, 2.75) is 6.10 Å². The van der Waals surface area contributed by atoms with Crippen molar-refractivity contribution in [2.75, 3.05) is 19.0 Å². The van der Waals surface area contributed by atoms with Gasteiger partial charge in [0.25, 0.3) is 0 Å². The van der Waals surface area contributed by atoms with Gasteiger partial charge in [-0.3, -0.25) is 0 Å². The molecule has 0 spiro atoms. The molecule has 0 amide bonds. The normalized spacial score (nSPS) is 11.9. The quantitative estimate of drug-likeness (QED) is 0.897. The summed E-state index contributed by atoms with van der Waals surface area (Å²) < 4.78 is 0. The Morgan fingerprint density at radius 3 is 1.80 bits per heavy atom. The van der Waals surface area contributed by atoms with Gasteiger partial charge in [0.15, 0.2) is 6.10 Å². The van der Waals surface area contributed by atoms with Crippen LogP contribution in [-0.2, 0) is 4.79 Å². The number of carboxylic acids is 1. The number of carbonyl (C=O) groups is 1. The minimum absolute atomic E-state index is 0.381. The molecule has 0 heterocycles. The number of hydrogen-bond donors (Lipinski definition) is 2. The molecule has 0 aliphatic heterocycles. The second kappa shape index (κ2) is 5.75. The van der Waals surface area contributed by atoms with E-state index >= 15 is 0 Å². The summed E-state index contributed by atoms with van der Waals surface area (Å²) in [6.45, 7) is 0. The Balaban J connectivity index is 2.23. The zero-order chi connectivity index (χ0) is 14.7. The van der Waals surface area contributed by atoms with Gasteiger partial charge in [-0.15, -0.1) is 0 Å². The molecule has 0 radical (unpaired) electrons. The van der Waals surface area contributed by atoms with Crippen molar-refractivity contribution in [3.05, 3.63) is 54.1 Å². The van der Waals surface area contributed by atoms with Crippen LogP contribution >= 0.6 is 0 Å². The maximum Gasteiger partial charge on any atom is 0.337 e. The Hall–Kier alpha value is -2.33. The molecule has 4 heteroatoms. The van der Waals surface area contributed by atoms with E-state index in [-0.39, 0.29) is 0 Å². The molecule has 0 fully saturated rings. The first-order chi connectivity index (χ1) is 9.49. The fourth-order valence-corrected chi connectivity index (χ4v) is 1.95. The minimum Gasteiger partial charge on any atom is -0.479 e. The van der Waals surface area contributed by atoms with Gasteiger partial charge in [-0.25, -0.2) is 4.79 Å². The van der Waals surface area contributed by atoms with Crippen LogP contribution < -0.4 is 4.90 Å². The summed E-state index contributed by atoms with van der Waals surface area (Å²) in [7, 11) is 3.97. The summed E-state index contributed by atoms with van der Waals surface area (Å²) in [5.41, 5.74) is 3.53. The Kier molecular flexibility index (Phi) is 4.05. The highest BCUT2D eigenvalue weighted by molar-refractivity contribution is 5.75. The van der Waals surface area contributed by atoms with Gasteiger partial charge in [0.05, 0.1) is 0 Å². The fraction of sp³-hybridized carbons (Fsp3) is 0.188. The van der Waals surface area contributed by atoms with Gasteiger partial charge in [-0.1, -0.05) is 36.4 Å². The Labute approximate surface area is 117 Å². The van der Waals surface area contributed by atoms with Gasteiger partial charge in [-0.2, -0.15) is 0 Å². The van der Waals surface area contributed by atoms with Crippen LogP contribution in [0, 0.1) is 0 Å². The third-order valence-corrected chi connectivity index (χ3v) is 3.18. The Morgan fingerprint density at radius 2 is 1.40 bits per heavy atom. The average Bonchev–Trinajstić information content (AvgIpc) is 2.46. The van der Waals surface area contributed by atoms with Gasteiger partial charge in [0.2, 0.25) is 0 Å². The highest BCUT2D eigenvalue weighted by Crippen LogP contribution is 2.24. The van der Waals surface area contributed by atoms with Crippen molar-refractivity contribution < 1.29 is 15.0 Å². The van der Waals surface area contributed by atoms with Crippen LogP contribution in [0.1, 0.15) is 11.7 Å². The Bertz CT molecular complexity index is 588. The van der Waals surface area contributed by atoms with E-state index in [2.05, 4.69) is 0 Å². The zero-order valence-corrected chi connectivity index (χ0v) is 11.4. The average molecular weight is 271 g/mol. The largest absolute Gasteiger partial charge is 0.479 e. The highest BCUT2D eigenvalue weighted by atomic mass is 16.4. The summed E-state index contributed by atoms with van der Waals surface area (Å²) in [6, 6.07) is 15.0. The maximum absolute atomic E-state index is 10.7. The van der Waals surface area contributed by atoms with E-state index < -0.39 is 12.1 Å². The minimum atomic E-state index is -1.47. The van der Waals surface area contributed by atoms with Crippen LogP contribution in [0.15, 0.2) is 48.5 Å². The number of rotatable bonds is 4. The number of anilines is 1. The molecule has 0 saturated carbocycles. The number of benzene rings is 2. The summed E-state index contributed by atoms with van der Waals surface area (Å²) in [5.74, 6) is -1.24. The molecule has 2 aromatic rings. The molecular formula is C16H17NO3. The Morgan fingerprint density at radius 1 is 0.950 bits per heavy atom. The van der Waals surface area contributed by atoms with E-state index in [0.29, 0.717) is 5.56 Å². The third-order valence-electron chi connectivity index (χ3n) is 3.18. The predicted molar refractivity (Wildman–Crippen MR) is 78.8 cm³/mol. The molecule has 104 valence electrons. The second-order valence-electron chi connectivity index (χ2n) is 4.80. The van der Waals surface area contributed by atoms with Crippen molar-refractivity contribution in [3.8, 4) is 11.1 Å². The van der Waals surface area contributed by atoms with Crippen molar-refractivity contribution in [1.29, 1.82) is 0 Å². The monoisotopic (exact) mass is 271 g/mol. The van der Waals surface area contributed by atoms with Gasteiger partial charge >= 0.3 is 5.97 Å². The molecule has 2 aromatic carbocycles. The first-order valence-corrected chi connectivity index (χ1v) is 6.27. The summed E-state index contributed by atoms with van der Waals surface area (Å²) in [6.07, 6.45) is -1.47. The van der Waals surface area contributed by atoms with Gasteiger partial charge in [0, 0.05) is 19.8 Å². The van der Waals surface area contributed by atoms with E-state index in [0.717, 1.165) is 16.8 Å².